The van der Waals surface area contributed by atoms with Crippen LogP contribution in [0.5, 0.6) is 5.75 Å². The smallest absolute Gasteiger partial charge is 0.308 e. The number of nitrogens with zero attached hydrogens (tertiary/aromatic N) is 2. The van der Waals surface area contributed by atoms with Crippen LogP contribution in [0.3, 0.4) is 0 Å². The summed E-state index contributed by atoms with van der Waals surface area (Å²) in [7, 11) is 1.57. The van der Waals surface area contributed by atoms with Crippen molar-refractivity contribution in [2.75, 3.05) is 17.3 Å². The molecule has 0 spiro atoms. The number of carbonyl (C=O) groups excluding carboxylic acids is 3. The Morgan fingerprint density at radius 2 is 1.65 bits per heavy atom. The molecule has 0 aliphatic carbocycles. The summed E-state index contributed by atoms with van der Waals surface area (Å²) >= 11 is 8.12. The third-order valence-corrected chi connectivity index (χ3v) is 9.82. The molecular formula is C29H22ClN3O5S2. The highest BCUT2D eigenvalue weighted by molar-refractivity contribution is 8.00. The summed E-state index contributed by atoms with van der Waals surface area (Å²) in [5.41, 5.74) is 1.84. The molecule has 1 aromatic heterocycles. The molecule has 40 heavy (non-hydrogen) atoms. The van der Waals surface area contributed by atoms with E-state index < -0.39 is 23.0 Å². The zero-order valence-electron chi connectivity index (χ0n) is 21.1. The van der Waals surface area contributed by atoms with Crippen LogP contribution in [0, 0.1) is 5.92 Å². The number of benzene rings is 3. The number of amides is 3. The lowest BCUT2D eigenvalue weighted by atomic mass is 9.83. The molecule has 0 saturated carbocycles. The number of para-hydroxylation sites is 1. The molecule has 6 rings (SSSR count). The summed E-state index contributed by atoms with van der Waals surface area (Å²) in [6.07, 6.45) is 0. The standard InChI is InChI=1S/C29H22ClN3O5S2/c1-38-20-13-7-16(8-14-20)22-23-24(27(36)33(26(23)35)19-5-3-2-4-6-19)39-28-25(22)40-29(37)32(28)15-21(34)31-18-11-9-17(30)10-12-18/h2-14,22-24H,15H2,1H3,(H,31,34)/t22-,23-,24+/m0/s1. The largest absolute Gasteiger partial charge is 0.497 e. The van der Waals surface area contributed by atoms with Crippen LogP contribution >= 0.6 is 34.7 Å². The van der Waals surface area contributed by atoms with E-state index in [2.05, 4.69) is 5.32 Å². The van der Waals surface area contributed by atoms with E-state index in [-0.39, 0.29) is 23.2 Å². The van der Waals surface area contributed by atoms with E-state index in [4.69, 9.17) is 16.3 Å². The first-order chi connectivity index (χ1) is 19.4. The van der Waals surface area contributed by atoms with Crippen LogP contribution in [0.2, 0.25) is 5.02 Å². The molecule has 202 valence electrons. The lowest BCUT2D eigenvalue weighted by molar-refractivity contribution is -0.122. The Morgan fingerprint density at radius 1 is 0.950 bits per heavy atom. The lowest BCUT2D eigenvalue weighted by Gasteiger charge is -2.30. The Morgan fingerprint density at radius 3 is 2.33 bits per heavy atom. The average molecular weight is 592 g/mol. The number of thioether (sulfide) groups is 1. The highest BCUT2D eigenvalue weighted by Crippen LogP contribution is 2.54. The van der Waals surface area contributed by atoms with Crippen LogP contribution in [-0.2, 0) is 20.9 Å². The van der Waals surface area contributed by atoms with Crippen molar-refractivity contribution >= 4 is 63.8 Å². The molecule has 11 heteroatoms. The number of methoxy groups -OCH3 is 1. The molecule has 3 aromatic carbocycles. The van der Waals surface area contributed by atoms with Crippen molar-refractivity contribution in [1.82, 2.24) is 4.57 Å². The van der Waals surface area contributed by atoms with Crippen molar-refractivity contribution in [2.45, 2.75) is 22.7 Å². The second kappa shape index (κ2) is 10.6. The second-order valence-electron chi connectivity index (χ2n) is 9.34. The number of fused-ring (bicyclic) bond motifs is 2. The van der Waals surface area contributed by atoms with E-state index in [9.17, 15) is 19.2 Å². The second-order valence-corrected chi connectivity index (χ2v) is 11.9. The zero-order valence-corrected chi connectivity index (χ0v) is 23.5. The van der Waals surface area contributed by atoms with Gasteiger partial charge in [-0.2, -0.15) is 0 Å². The molecule has 2 aliphatic heterocycles. The van der Waals surface area contributed by atoms with E-state index in [1.54, 1.807) is 67.8 Å². The number of halogens is 1. The predicted molar refractivity (Wildman–Crippen MR) is 156 cm³/mol. The molecule has 1 fully saturated rings. The SMILES string of the molecule is COc1ccc([C@@H]2c3sc(=O)n(CC(=O)Nc4ccc(Cl)cc4)c3S[C@H]3C(=O)N(c4ccccc4)C(=O)[C@@H]23)cc1. The molecule has 0 bridgehead atoms. The third kappa shape index (κ3) is 4.61. The van der Waals surface area contributed by atoms with Gasteiger partial charge in [0.05, 0.1) is 23.7 Å². The number of nitrogens with one attached hydrogen (secondary N) is 1. The molecule has 4 aromatic rings. The number of anilines is 2. The number of hydrogen-bond donors (Lipinski definition) is 1. The van der Waals surface area contributed by atoms with E-state index in [0.717, 1.165) is 16.9 Å². The van der Waals surface area contributed by atoms with Crippen molar-refractivity contribution in [2.24, 2.45) is 5.92 Å². The van der Waals surface area contributed by atoms with Gasteiger partial charge >= 0.3 is 4.87 Å². The molecule has 0 radical (unpaired) electrons. The van der Waals surface area contributed by atoms with E-state index in [1.165, 1.54) is 21.2 Å². The summed E-state index contributed by atoms with van der Waals surface area (Å²) in [6.45, 7) is -0.239. The normalized spacial score (nSPS) is 19.8. The van der Waals surface area contributed by atoms with Gasteiger partial charge in [-0.15, -0.1) is 0 Å². The van der Waals surface area contributed by atoms with E-state index >= 15 is 0 Å². The fraction of sp³-hybridized carbons (Fsp3) is 0.172. The summed E-state index contributed by atoms with van der Waals surface area (Å²) in [6, 6.07) is 22.8. The molecule has 1 N–H and O–H groups in total. The van der Waals surface area contributed by atoms with Gasteiger partial charge in [-0.3, -0.25) is 23.7 Å². The van der Waals surface area contributed by atoms with Crippen LogP contribution in [0.4, 0.5) is 11.4 Å². The summed E-state index contributed by atoms with van der Waals surface area (Å²) in [5.74, 6) is -1.66. The van der Waals surface area contributed by atoms with E-state index in [1.807, 2.05) is 18.2 Å². The highest BCUT2D eigenvalue weighted by Gasteiger charge is 2.56. The number of thiazole rings is 1. The van der Waals surface area contributed by atoms with Gasteiger partial charge < -0.3 is 10.1 Å². The summed E-state index contributed by atoms with van der Waals surface area (Å²) in [5, 5.41) is 3.09. The number of carbonyl (C=O) groups is 3. The first kappa shape index (κ1) is 26.4. The average Bonchev–Trinajstić information content (AvgIpc) is 3.41. The van der Waals surface area contributed by atoms with Gasteiger partial charge in [0.1, 0.15) is 17.5 Å². The highest BCUT2D eigenvalue weighted by atomic mass is 35.5. The van der Waals surface area contributed by atoms with E-state index in [0.29, 0.717) is 32.1 Å². The molecule has 1 saturated heterocycles. The molecule has 3 amide bonds. The Bertz CT molecular complexity index is 1670. The molecule has 8 nitrogen and oxygen atoms in total. The maximum atomic E-state index is 13.9. The molecule has 3 atom stereocenters. The lowest BCUT2D eigenvalue weighted by Crippen LogP contribution is -2.33. The van der Waals surface area contributed by atoms with Crippen LogP contribution in [0.1, 0.15) is 16.4 Å². The van der Waals surface area contributed by atoms with Gasteiger partial charge in [0.25, 0.3) is 0 Å². The first-order valence-corrected chi connectivity index (χ1v) is 14.5. The fourth-order valence-electron chi connectivity index (χ4n) is 5.13. The first-order valence-electron chi connectivity index (χ1n) is 12.4. The number of ether oxygens (including phenoxy) is 1. The number of aromatic nitrogens is 1. The van der Waals surface area contributed by atoms with Crippen molar-refractivity contribution in [3.63, 3.8) is 0 Å². The predicted octanol–water partition coefficient (Wildman–Crippen LogP) is 5.01. The van der Waals surface area contributed by atoms with Crippen molar-refractivity contribution in [3.05, 3.63) is 104 Å². The zero-order chi connectivity index (χ0) is 28.0. The molecule has 0 unspecified atom stereocenters. The van der Waals surface area contributed by atoms with Crippen LogP contribution in [0.25, 0.3) is 0 Å². The molecular weight excluding hydrogens is 570 g/mol. The van der Waals surface area contributed by atoms with Gasteiger partial charge in [0.15, 0.2) is 0 Å². The molecule has 3 heterocycles. The van der Waals surface area contributed by atoms with Gasteiger partial charge in [-0.25, -0.2) is 4.90 Å². The number of hydrogen-bond acceptors (Lipinski definition) is 7. The topological polar surface area (TPSA) is 97.7 Å². The van der Waals surface area contributed by atoms with Crippen molar-refractivity contribution in [1.29, 1.82) is 0 Å². The van der Waals surface area contributed by atoms with Crippen LogP contribution < -0.4 is 19.8 Å². The van der Waals surface area contributed by atoms with Crippen molar-refractivity contribution < 1.29 is 19.1 Å². The van der Waals surface area contributed by atoms with Gasteiger partial charge in [0.2, 0.25) is 17.7 Å². The maximum absolute atomic E-state index is 13.9. The minimum atomic E-state index is -0.758. The fourth-order valence-corrected chi connectivity index (χ4v) is 8.03. The Hall–Kier alpha value is -3.86. The minimum absolute atomic E-state index is 0.239. The van der Waals surface area contributed by atoms with Gasteiger partial charge in [0, 0.05) is 21.5 Å². The Kier molecular flexibility index (Phi) is 6.99. The quantitative estimate of drug-likeness (QED) is 0.317. The van der Waals surface area contributed by atoms with Crippen LogP contribution in [-0.4, -0.2) is 34.6 Å². The summed E-state index contributed by atoms with van der Waals surface area (Å²) < 4.78 is 6.71. The molecule has 2 aliphatic rings. The monoisotopic (exact) mass is 591 g/mol. The van der Waals surface area contributed by atoms with Gasteiger partial charge in [-0.1, -0.05) is 65.0 Å². The Balaban J connectivity index is 1.41. The van der Waals surface area contributed by atoms with Gasteiger partial charge in [-0.05, 0) is 54.1 Å². The minimum Gasteiger partial charge on any atom is -0.497 e. The summed E-state index contributed by atoms with van der Waals surface area (Å²) in [4.78, 5) is 55.4. The number of rotatable bonds is 6. The Labute approximate surface area is 242 Å². The van der Waals surface area contributed by atoms with Crippen LogP contribution in [0.15, 0.2) is 88.7 Å². The number of imide groups is 1. The van der Waals surface area contributed by atoms with Crippen molar-refractivity contribution in [3.8, 4) is 5.75 Å². The maximum Gasteiger partial charge on any atom is 0.308 e. The third-order valence-electron chi connectivity index (χ3n) is 6.97.